The van der Waals surface area contributed by atoms with Crippen molar-refractivity contribution >= 4 is 23.4 Å². The van der Waals surface area contributed by atoms with Gasteiger partial charge in [-0.15, -0.1) is 0 Å². The number of hydrogen-bond donors (Lipinski definition) is 1. The average molecular weight is 457 g/mol. The largest absolute Gasteiger partial charge is 0.444 e. The van der Waals surface area contributed by atoms with Gasteiger partial charge in [0.25, 0.3) is 5.56 Å². The number of piperazine rings is 1. The van der Waals surface area contributed by atoms with E-state index < -0.39 is 34.9 Å². The van der Waals surface area contributed by atoms with Gasteiger partial charge >= 0.3 is 6.09 Å². The molecule has 0 aliphatic carbocycles. The second-order valence-corrected chi connectivity index (χ2v) is 8.52. The molecule has 1 unspecified atom stereocenters. The number of aromatic nitrogens is 2. The average Bonchev–Trinajstić information content (AvgIpc) is 2.67. The van der Waals surface area contributed by atoms with E-state index in [1.165, 1.54) is 11.1 Å². The van der Waals surface area contributed by atoms with Crippen LogP contribution in [0.15, 0.2) is 29.2 Å². The summed E-state index contributed by atoms with van der Waals surface area (Å²) in [6, 6.07) is 2.05. The van der Waals surface area contributed by atoms with E-state index in [-0.39, 0.29) is 42.6 Å². The highest BCUT2D eigenvalue weighted by Gasteiger charge is 2.33. The number of aliphatic hydroxyl groups is 1. The minimum absolute atomic E-state index is 0.107. The number of benzene rings is 1. The van der Waals surface area contributed by atoms with Crippen molar-refractivity contribution in [2.45, 2.75) is 32.4 Å². The predicted octanol–water partition coefficient (Wildman–Crippen LogP) is 2.58. The van der Waals surface area contributed by atoms with Crippen molar-refractivity contribution in [1.29, 1.82) is 0 Å². The maximum atomic E-state index is 13.5. The maximum absolute atomic E-state index is 13.5. The SMILES string of the molecule is CC(C)(C)OC(=O)N1CCN(c2cnn(-c3cc(F)cc(F)c3)c(=O)c2Cl)C(CO)C1. The molecule has 1 atom stereocenters. The number of halogens is 3. The summed E-state index contributed by atoms with van der Waals surface area (Å²) in [5, 5.41) is 13.6. The molecule has 0 spiro atoms. The van der Waals surface area contributed by atoms with Gasteiger partial charge in [0.15, 0.2) is 0 Å². The van der Waals surface area contributed by atoms with Gasteiger partial charge in [-0.3, -0.25) is 4.79 Å². The smallest absolute Gasteiger partial charge is 0.410 e. The van der Waals surface area contributed by atoms with Crippen LogP contribution in [0.2, 0.25) is 5.02 Å². The van der Waals surface area contributed by atoms with E-state index in [4.69, 9.17) is 16.3 Å². The molecule has 0 bridgehead atoms. The Kier molecular flexibility index (Phi) is 6.51. The number of carbonyl (C=O) groups is 1. The van der Waals surface area contributed by atoms with Gasteiger partial charge in [0.05, 0.1) is 30.2 Å². The highest BCUT2D eigenvalue weighted by molar-refractivity contribution is 6.33. The maximum Gasteiger partial charge on any atom is 0.410 e. The fourth-order valence-electron chi connectivity index (χ4n) is 3.29. The van der Waals surface area contributed by atoms with E-state index in [1.54, 1.807) is 25.7 Å². The molecule has 0 saturated carbocycles. The zero-order valence-electron chi connectivity index (χ0n) is 17.3. The molecule has 11 heteroatoms. The van der Waals surface area contributed by atoms with Gasteiger partial charge in [0.1, 0.15) is 22.3 Å². The van der Waals surface area contributed by atoms with Crippen LogP contribution in [0.25, 0.3) is 5.69 Å². The Hall–Kier alpha value is -2.72. The molecule has 2 aromatic rings. The third-order valence-corrected chi connectivity index (χ3v) is 5.00. The molecule has 31 heavy (non-hydrogen) atoms. The molecule has 8 nitrogen and oxygen atoms in total. The summed E-state index contributed by atoms with van der Waals surface area (Å²) in [4.78, 5) is 28.2. The summed E-state index contributed by atoms with van der Waals surface area (Å²) in [6.07, 6.45) is 0.789. The Morgan fingerprint density at radius 3 is 2.48 bits per heavy atom. The fourth-order valence-corrected chi connectivity index (χ4v) is 3.53. The summed E-state index contributed by atoms with van der Waals surface area (Å²) >= 11 is 6.28. The monoisotopic (exact) mass is 456 g/mol. The lowest BCUT2D eigenvalue weighted by molar-refractivity contribution is 0.0197. The second-order valence-electron chi connectivity index (χ2n) is 8.14. The lowest BCUT2D eigenvalue weighted by atomic mass is 10.1. The van der Waals surface area contributed by atoms with Gasteiger partial charge in [0, 0.05) is 25.7 Å². The number of amides is 1. The standard InChI is InChI=1S/C20H23ClF2N4O4/c1-20(2,3)31-19(30)25-4-5-26(15(10-25)11-28)16-9-24-27(18(29)17(16)21)14-7-12(22)6-13(23)8-14/h6-9,15,28H,4-5,10-11H2,1-3H3. The van der Waals surface area contributed by atoms with Crippen LogP contribution in [0.5, 0.6) is 0 Å². The number of rotatable bonds is 3. The second kappa shape index (κ2) is 8.80. The molecule has 1 saturated heterocycles. The van der Waals surface area contributed by atoms with Crippen molar-refractivity contribution in [2.24, 2.45) is 0 Å². The molecule has 0 radical (unpaired) electrons. The molecule has 168 valence electrons. The Labute approximate surface area is 182 Å². The Morgan fingerprint density at radius 2 is 1.90 bits per heavy atom. The number of carbonyl (C=O) groups excluding carboxylic acids is 1. The van der Waals surface area contributed by atoms with Gasteiger partial charge in [-0.05, 0) is 32.9 Å². The summed E-state index contributed by atoms with van der Waals surface area (Å²) in [5.41, 5.74) is -1.28. The zero-order valence-corrected chi connectivity index (χ0v) is 18.1. The van der Waals surface area contributed by atoms with Gasteiger partial charge in [-0.25, -0.2) is 13.6 Å². The summed E-state index contributed by atoms with van der Waals surface area (Å²) in [7, 11) is 0. The Morgan fingerprint density at radius 1 is 1.26 bits per heavy atom. The highest BCUT2D eigenvalue weighted by Crippen LogP contribution is 2.26. The summed E-state index contributed by atoms with van der Waals surface area (Å²) in [5.74, 6) is -1.72. The van der Waals surface area contributed by atoms with Crippen molar-refractivity contribution in [3.05, 3.63) is 51.4 Å². The lowest BCUT2D eigenvalue weighted by Crippen LogP contribution is -2.57. The third kappa shape index (κ3) is 5.13. The first-order valence-electron chi connectivity index (χ1n) is 9.60. The van der Waals surface area contributed by atoms with Crippen LogP contribution in [-0.2, 0) is 4.74 Å². The van der Waals surface area contributed by atoms with Crippen molar-refractivity contribution in [1.82, 2.24) is 14.7 Å². The Balaban J connectivity index is 1.87. The Bertz CT molecular complexity index is 1020. The molecule has 1 aromatic heterocycles. The van der Waals surface area contributed by atoms with E-state index >= 15 is 0 Å². The van der Waals surface area contributed by atoms with Gasteiger partial charge in [0.2, 0.25) is 0 Å². The first kappa shape index (κ1) is 23.0. The van der Waals surface area contributed by atoms with Gasteiger partial charge in [-0.1, -0.05) is 11.6 Å². The van der Waals surface area contributed by atoms with Crippen LogP contribution in [0, 0.1) is 11.6 Å². The molecular weight excluding hydrogens is 434 g/mol. The summed E-state index contributed by atoms with van der Waals surface area (Å²) < 4.78 is 33.2. The van der Waals surface area contributed by atoms with Crippen molar-refractivity contribution in [3.8, 4) is 5.69 Å². The van der Waals surface area contributed by atoms with Gasteiger partial charge in [-0.2, -0.15) is 9.78 Å². The fraction of sp³-hybridized carbons (Fsp3) is 0.450. The molecule has 1 amide bonds. The molecule has 1 aromatic carbocycles. The zero-order chi connectivity index (χ0) is 22.9. The molecule has 3 rings (SSSR count). The molecule has 1 aliphatic heterocycles. The van der Waals surface area contributed by atoms with Crippen molar-refractivity contribution in [2.75, 3.05) is 31.1 Å². The van der Waals surface area contributed by atoms with Crippen LogP contribution >= 0.6 is 11.6 Å². The predicted molar refractivity (Wildman–Crippen MR) is 111 cm³/mol. The minimum atomic E-state index is -0.859. The van der Waals surface area contributed by atoms with E-state index in [9.17, 15) is 23.5 Å². The minimum Gasteiger partial charge on any atom is -0.444 e. The van der Waals surface area contributed by atoms with Crippen LogP contribution in [0.1, 0.15) is 20.8 Å². The first-order valence-corrected chi connectivity index (χ1v) is 9.97. The van der Waals surface area contributed by atoms with E-state index in [1.807, 2.05) is 0 Å². The summed E-state index contributed by atoms with van der Waals surface area (Å²) in [6.45, 7) is 5.67. The van der Waals surface area contributed by atoms with Crippen molar-refractivity contribution in [3.63, 3.8) is 0 Å². The number of anilines is 1. The molecule has 1 N–H and O–H groups in total. The van der Waals surface area contributed by atoms with E-state index in [0.717, 1.165) is 16.8 Å². The lowest BCUT2D eigenvalue weighted by Gasteiger charge is -2.42. The third-order valence-electron chi connectivity index (χ3n) is 4.65. The number of ether oxygens (including phenoxy) is 1. The molecule has 1 fully saturated rings. The number of hydrogen-bond acceptors (Lipinski definition) is 6. The number of aliphatic hydroxyl groups excluding tert-OH is 1. The quantitative estimate of drug-likeness (QED) is 0.763. The molecule has 1 aliphatic rings. The van der Waals surface area contributed by atoms with Crippen LogP contribution in [0.3, 0.4) is 0 Å². The first-order chi connectivity index (χ1) is 14.5. The highest BCUT2D eigenvalue weighted by atomic mass is 35.5. The van der Waals surface area contributed by atoms with E-state index in [2.05, 4.69) is 5.10 Å². The van der Waals surface area contributed by atoms with E-state index in [0.29, 0.717) is 6.07 Å². The van der Waals surface area contributed by atoms with Crippen LogP contribution < -0.4 is 10.5 Å². The number of nitrogens with zero attached hydrogens (tertiary/aromatic N) is 4. The van der Waals surface area contributed by atoms with Crippen LogP contribution in [0.4, 0.5) is 19.3 Å². The molecular formula is C20H23ClF2N4O4. The van der Waals surface area contributed by atoms with Gasteiger partial charge < -0.3 is 19.6 Å². The van der Waals surface area contributed by atoms with Crippen LogP contribution in [-0.4, -0.2) is 63.8 Å². The topological polar surface area (TPSA) is 87.9 Å². The normalized spacial score (nSPS) is 17.1. The van der Waals surface area contributed by atoms with Crippen molar-refractivity contribution < 1.29 is 23.4 Å². The molecule has 2 heterocycles.